The Morgan fingerprint density at radius 3 is 2.76 bits per heavy atom. The maximum atomic E-state index is 11.0. The molecular formula is C11H14ClN3O2. The van der Waals surface area contributed by atoms with Crippen molar-refractivity contribution in [2.24, 2.45) is 0 Å². The van der Waals surface area contributed by atoms with E-state index in [1.165, 1.54) is 12.1 Å². The number of halogens is 1. The zero-order chi connectivity index (χ0) is 12.6. The molecule has 0 amide bonds. The van der Waals surface area contributed by atoms with Crippen LogP contribution in [0.15, 0.2) is 12.1 Å². The Morgan fingerprint density at radius 1 is 1.53 bits per heavy atom. The summed E-state index contributed by atoms with van der Waals surface area (Å²) in [4.78, 5) is 16.7. The highest BCUT2D eigenvalue weighted by Crippen LogP contribution is 2.37. The molecule has 6 heteroatoms. The Bertz CT molecular complexity index is 462. The van der Waals surface area contributed by atoms with Crippen molar-refractivity contribution in [3.05, 3.63) is 27.4 Å². The summed E-state index contributed by atoms with van der Waals surface area (Å²) in [6.07, 6.45) is 2.01. The Kier molecular flexibility index (Phi) is 2.95. The molecule has 1 fully saturated rings. The quantitative estimate of drug-likeness (QED) is 0.463. The Labute approximate surface area is 105 Å². The molecule has 0 aliphatic carbocycles. The zero-order valence-corrected chi connectivity index (χ0v) is 10.6. The van der Waals surface area contributed by atoms with Crippen molar-refractivity contribution in [1.82, 2.24) is 4.98 Å². The van der Waals surface area contributed by atoms with Gasteiger partial charge in [0.1, 0.15) is 5.15 Å². The van der Waals surface area contributed by atoms with Gasteiger partial charge in [-0.15, -0.1) is 0 Å². The third-order valence-electron chi connectivity index (χ3n) is 3.17. The van der Waals surface area contributed by atoms with Gasteiger partial charge < -0.3 is 4.90 Å². The van der Waals surface area contributed by atoms with Crippen LogP contribution >= 0.6 is 11.6 Å². The molecule has 0 saturated carbocycles. The second-order valence-electron chi connectivity index (χ2n) is 4.80. The van der Waals surface area contributed by atoms with Gasteiger partial charge in [-0.3, -0.25) is 10.1 Å². The van der Waals surface area contributed by atoms with Crippen molar-refractivity contribution < 1.29 is 4.92 Å². The molecule has 17 heavy (non-hydrogen) atoms. The second kappa shape index (κ2) is 4.14. The van der Waals surface area contributed by atoms with E-state index in [1.807, 2.05) is 4.90 Å². The molecule has 0 bridgehead atoms. The van der Waals surface area contributed by atoms with Crippen LogP contribution < -0.4 is 4.90 Å². The zero-order valence-electron chi connectivity index (χ0n) is 9.81. The normalized spacial score (nSPS) is 18.4. The summed E-state index contributed by atoms with van der Waals surface area (Å²) >= 11 is 5.83. The Morgan fingerprint density at radius 2 is 2.24 bits per heavy atom. The Balaban J connectivity index is 2.50. The predicted molar refractivity (Wildman–Crippen MR) is 66.6 cm³/mol. The molecule has 2 rings (SSSR count). The molecule has 0 N–H and O–H groups in total. The van der Waals surface area contributed by atoms with E-state index in [4.69, 9.17) is 11.6 Å². The van der Waals surface area contributed by atoms with Crippen LogP contribution in [0, 0.1) is 10.1 Å². The number of anilines is 1. The summed E-state index contributed by atoms with van der Waals surface area (Å²) in [5.74, 6) is 0.380. The van der Waals surface area contributed by atoms with Crippen molar-refractivity contribution in [2.75, 3.05) is 11.4 Å². The third kappa shape index (κ3) is 2.20. The summed E-state index contributed by atoms with van der Waals surface area (Å²) in [6.45, 7) is 4.90. The van der Waals surface area contributed by atoms with Crippen molar-refractivity contribution >= 4 is 23.1 Å². The first-order chi connectivity index (χ1) is 7.92. The molecule has 2 heterocycles. The van der Waals surface area contributed by atoms with Crippen molar-refractivity contribution in [3.8, 4) is 0 Å². The fraction of sp³-hybridized carbons (Fsp3) is 0.545. The van der Waals surface area contributed by atoms with Gasteiger partial charge in [-0.25, -0.2) is 4.98 Å². The molecule has 1 aromatic rings. The first kappa shape index (κ1) is 12.1. The van der Waals surface area contributed by atoms with Crippen LogP contribution in [-0.4, -0.2) is 22.0 Å². The largest absolute Gasteiger partial charge is 0.346 e. The third-order valence-corrected chi connectivity index (χ3v) is 3.38. The van der Waals surface area contributed by atoms with E-state index in [0.29, 0.717) is 5.82 Å². The molecule has 0 unspecified atom stereocenters. The van der Waals surface area contributed by atoms with Crippen LogP contribution in [0.2, 0.25) is 5.15 Å². The lowest BCUT2D eigenvalue weighted by molar-refractivity contribution is -0.384. The number of aromatic nitrogens is 1. The first-order valence-electron chi connectivity index (χ1n) is 5.50. The van der Waals surface area contributed by atoms with Crippen LogP contribution in [-0.2, 0) is 0 Å². The molecule has 5 nitrogen and oxygen atoms in total. The summed E-state index contributed by atoms with van der Waals surface area (Å²) in [7, 11) is 0. The van der Waals surface area contributed by atoms with Crippen molar-refractivity contribution in [1.29, 1.82) is 0 Å². The van der Waals surface area contributed by atoms with E-state index in [9.17, 15) is 10.1 Å². The molecule has 1 saturated heterocycles. The summed E-state index contributed by atoms with van der Waals surface area (Å²) in [6, 6.07) is 2.87. The van der Waals surface area contributed by atoms with Gasteiger partial charge in [0.25, 0.3) is 0 Å². The average Bonchev–Trinajstić information content (AvgIpc) is 2.57. The number of rotatable bonds is 2. The fourth-order valence-electron chi connectivity index (χ4n) is 2.26. The molecule has 1 aromatic heterocycles. The highest BCUT2D eigenvalue weighted by atomic mass is 35.5. The lowest BCUT2D eigenvalue weighted by Crippen LogP contribution is -2.39. The number of pyridine rings is 1. The number of nitrogens with zero attached hydrogens (tertiary/aromatic N) is 3. The minimum absolute atomic E-state index is 0.0179. The fourth-order valence-corrected chi connectivity index (χ4v) is 2.40. The lowest BCUT2D eigenvalue weighted by Gasteiger charge is -2.32. The number of hydrogen-bond acceptors (Lipinski definition) is 4. The van der Waals surface area contributed by atoms with E-state index in [-0.39, 0.29) is 16.4 Å². The van der Waals surface area contributed by atoms with E-state index in [2.05, 4.69) is 18.8 Å². The van der Waals surface area contributed by atoms with Gasteiger partial charge in [0.15, 0.2) is 0 Å². The standard InChI is InChI=1S/C11H14ClN3O2/c1-11(2)6-3-7-14(11)10-8(15(16)17)4-5-9(12)13-10/h4-5H,3,6-7H2,1-2H3. The van der Waals surface area contributed by atoms with Gasteiger partial charge in [-0.1, -0.05) is 11.6 Å². The van der Waals surface area contributed by atoms with Gasteiger partial charge in [-0.05, 0) is 32.8 Å². The maximum absolute atomic E-state index is 11.0. The number of nitro groups is 1. The van der Waals surface area contributed by atoms with Crippen molar-refractivity contribution in [3.63, 3.8) is 0 Å². The molecule has 0 aromatic carbocycles. The number of hydrogen-bond donors (Lipinski definition) is 0. The first-order valence-corrected chi connectivity index (χ1v) is 5.88. The maximum Gasteiger partial charge on any atom is 0.311 e. The van der Waals surface area contributed by atoms with Crippen LogP contribution in [0.5, 0.6) is 0 Å². The SMILES string of the molecule is CC1(C)CCCN1c1nc(Cl)ccc1[N+](=O)[O-]. The minimum atomic E-state index is -0.410. The summed E-state index contributed by atoms with van der Waals surface area (Å²) in [5.41, 5.74) is -0.0907. The van der Waals surface area contributed by atoms with Gasteiger partial charge >= 0.3 is 5.69 Å². The van der Waals surface area contributed by atoms with Crippen LogP contribution in [0.3, 0.4) is 0 Å². The molecule has 1 aliphatic heterocycles. The van der Waals surface area contributed by atoms with E-state index < -0.39 is 4.92 Å². The molecule has 1 aliphatic rings. The summed E-state index contributed by atoms with van der Waals surface area (Å²) in [5, 5.41) is 11.3. The lowest BCUT2D eigenvalue weighted by atomic mass is 10.0. The smallest absolute Gasteiger partial charge is 0.311 e. The summed E-state index contributed by atoms with van der Waals surface area (Å²) < 4.78 is 0. The second-order valence-corrected chi connectivity index (χ2v) is 5.19. The van der Waals surface area contributed by atoms with E-state index in [1.54, 1.807) is 0 Å². The highest BCUT2D eigenvalue weighted by molar-refractivity contribution is 6.29. The van der Waals surface area contributed by atoms with E-state index in [0.717, 1.165) is 19.4 Å². The van der Waals surface area contributed by atoms with Crippen molar-refractivity contribution in [2.45, 2.75) is 32.2 Å². The van der Waals surface area contributed by atoms with Gasteiger partial charge in [-0.2, -0.15) is 0 Å². The highest BCUT2D eigenvalue weighted by Gasteiger charge is 2.36. The van der Waals surface area contributed by atoms with Crippen LogP contribution in [0.4, 0.5) is 11.5 Å². The molecular weight excluding hydrogens is 242 g/mol. The minimum Gasteiger partial charge on any atom is -0.346 e. The molecule has 0 spiro atoms. The Hall–Kier alpha value is -1.36. The topological polar surface area (TPSA) is 59.3 Å². The van der Waals surface area contributed by atoms with E-state index >= 15 is 0 Å². The molecule has 0 radical (unpaired) electrons. The monoisotopic (exact) mass is 255 g/mol. The van der Waals surface area contributed by atoms with Crippen LogP contribution in [0.1, 0.15) is 26.7 Å². The van der Waals surface area contributed by atoms with Gasteiger partial charge in [0.2, 0.25) is 5.82 Å². The molecule has 92 valence electrons. The van der Waals surface area contributed by atoms with Gasteiger partial charge in [0, 0.05) is 18.2 Å². The average molecular weight is 256 g/mol. The predicted octanol–water partition coefficient (Wildman–Crippen LogP) is 3.02. The van der Waals surface area contributed by atoms with Crippen LogP contribution in [0.25, 0.3) is 0 Å². The van der Waals surface area contributed by atoms with Gasteiger partial charge in [0.05, 0.1) is 4.92 Å². The molecule has 0 atom stereocenters.